The Bertz CT molecular complexity index is 762. The molecule has 0 unspecified atom stereocenters. The summed E-state index contributed by atoms with van der Waals surface area (Å²) in [5, 5.41) is 9.61. The van der Waals surface area contributed by atoms with Gasteiger partial charge in [-0.05, 0) is 49.8 Å². The number of anilines is 1. The van der Waals surface area contributed by atoms with E-state index < -0.39 is 11.9 Å². The van der Waals surface area contributed by atoms with E-state index in [9.17, 15) is 13.2 Å². The fourth-order valence-corrected chi connectivity index (χ4v) is 2.67. The number of aryl methyl sites for hydroxylation is 1. The summed E-state index contributed by atoms with van der Waals surface area (Å²) in [6.07, 6.45) is -4.03. The van der Waals surface area contributed by atoms with E-state index in [0.717, 1.165) is 11.4 Å². The Morgan fingerprint density at radius 1 is 1.31 bits per heavy atom. The van der Waals surface area contributed by atoms with E-state index in [4.69, 9.17) is 28.6 Å². The molecule has 0 aliphatic carbocycles. The topological polar surface area (TPSA) is 51.1 Å². The van der Waals surface area contributed by atoms with Crippen molar-refractivity contribution in [3.05, 3.63) is 40.7 Å². The highest BCUT2D eigenvalue weighted by molar-refractivity contribution is 7.80. The number of hydrogen-bond donors (Lipinski definition) is 2. The molecule has 2 rings (SSSR count). The summed E-state index contributed by atoms with van der Waals surface area (Å²) < 4.78 is 44.7. The number of nitrogens with zero attached hydrogens (tertiary/aromatic N) is 2. The molecular weight excluding hydrogens is 389 g/mol. The summed E-state index contributed by atoms with van der Waals surface area (Å²) in [4.78, 5) is 0. The Balaban J connectivity index is 1.80. The monoisotopic (exact) mass is 406 g/mol. The zero-order valence-corrected chi connectivity index (χ0v) is 15.7. The van der Waals surface area contributed by atoms with Crippen LogP contribution in [0.3, 0.4) is 0 Å². The van der Waals surface area contributed by atoms with Gasteiger partial charge in [0.25, 0.3) is 0 Å². The molecule has 0 atom stereocenters. The van der Waals surface area contributed by atoms with Crippen LogP contribution >= 0.6 is 23.8 Å². The van der Waals surface area contributed by atoms with Crippen molar-refractivity contribution < 1.29 is 17.9 Å². The molecule has 0 radical (unpaired) electrons. The fourth-order valence-electron chi connectivity index (χ4n) is 2.20. The second-order valence-corrected chi connectivity index (χ2v) is 6.22. The van der Waals surface area contributed by atoms with E-state index in [0.29, 0.717) is 24.6 Å². The zero-order valence-electron chi connectivity index (χ0n) is 14.2. The van der Waals surface area contributed by atoms with Crippen molar-refractivity contribution in [2.24, 2.45) is 0 Å². The minimum atomic E-state index is -4.56. The second-order valence-electron chi connectivity index (χ2n) is 5.43. The Morgan fingerprint density at radius 2 is 1.96 bits per heavy atom. The van der Waals surface area contributed by atoms with E-state index in [1.165, 1.54) is 11.6 Å². The van der Waals surface area contributed by atoms with Gasteiger partial charge in [0.15, 0.2) is 10.8 Å². The molecule has 2 aromatic rings. The van der Waals surface area contributed by atoms with Gasteiger partial charge in [-0.15, -0.1) is 0 Å². The van der Waals surface area contributed by atoms with Crippen LogP contribution in [0.1, 0.15) is 17.8 Å². The Hall–Kier alpha value is -2.00. The Kier molecular flexibility index (Phi) is 6.71. The summed E-state index contributed by atoms with van der Waals surface area (Å²) in [5.41, 5.74) is 0.0343. The van der Waals surface area contributed by atoms with Crippen molar-refractivity contribution in [3.8, 4) is 5.75 Å². The third-order valence-electron chi connectivity index (χ3n) is 3.58. The standard InChI is InChI=1S/C16H18ClF3N4OS/c1-10-13(17)14(16(18,19)20)23-24(10)9-3-8-21-15(26)22-11-4-6-12(25-2)7-5-11/h4-7H,3,8-9H2,1-2H3,(H2,21,22,26). The highest BCUT2D eigenvalue weighted by Gasteiger charge is 2.38. The zero-order chi connectivity index (χ0) is 19.3. The predicted molar refractivity (Wildman–Crippen MR) is 98.8 cm³/mol. The van der Waals surface area contributed by atoms with Gasteiger partial charge in [0.05, 0.1) is 17.8 Å². The lowest BCUT2D eigenvalue weighted by atomic mass is 10.3. The van der Waals surface area contributed by atoms with Crippen LogP contribution in [0.4, 0.5) is 18.9 Å². The van der Waals surface area contributed by atoms with Crippen LogP contribution in [-0.4, -0.2) is 28.5 Å². The lowest BCUT2D eigenvalue weighted by molar-refractivity contribution is -0.141. The third-order valence-corrected chi connectivity index (χ3v) is 4.28. The largest absolute Gasteiger partial charge is 0.497 e. The van der Waals surface area contributed by atoms with E-state index in [1.807, 2.05) is 12.1 Å². The third kappa shape index (κ3) is 5.25. The molecule has 10 heteroatoms. The molecule has 0 saturated heterocycles. The number of ether oxygens (including phenoxy) is 1. The molecule has 1 aromatic carbocycles. The van der Waals surface area contributed by atoms with Gasteiger partial charge in [-0.25, -0.2) is 0 Å². The molecule has 0 aliphatic rings. The van der Waals surface area contributed by atoms with Crippen LogP contribution in [0.25, 0.3) is 0 Å². The summed E-state index contributed by atoms with van der Waals surface area (Å²) in [5.74, 6) is 0.737. The first kappa shape index (κ1) is 20.3. The number of halogens is 4. The SMILES string of the molecule is COc1ccc(NC(=S)NCCCn2nc(C(F)(F)F)c(Cl)c2C)cc1. The van der Waals surface area contributed by atoms with Crippen LogP contribution in [-0.2, 0) is 12.7 Å². The average molecular weight is 407 g/mol. The molecule has 0 fully saturated rings. The number of nitrogens with one attached hydrogen (secondary N) is 2. The highest BCUT2D eigenvalue weighted by Crippen LogP contribution is 2.35. The van der Waals surface area contributed by atoms with E-state index in [1.54, 1.807) is 19.2 Å². The van der Waals surface area contributed by atoms with Gasteiger partial charge in [-0.2, -0.15) is 18.3 Å². The van der Waals surface area contributed by atoms with Crippen LogP contribution in [0.2, 0.25) is 5.02 Å². The molecule has 1 aromatic heterocycles. The number of rotatable bonds is 6. The van der Waals surface area contributed by atoms with E-state index in [-0.39, 0.29) is 10.7 Å². The highest BCUT2D eigenvalue weighted by atomic mass is 35.5. The van der Waals surface area contributed by atoms with Crippen molar-refractivity contribution in [3.63, 3.8) is 0 Å². The quantitative estimate of drug-likeness (QED) is 0.555. The molecule has 0 amide bonds. The maximum absolute atomic E-state index is 12.8. The van der Waals surface area contributed by atoms with Gasteiger partial charge in [-0.1, -0.05) is 11.6 Å². The average Bonchev–Trinajstić information content (AvgIpc) is 2.88. The first-order valence-corrected chi connectivity index (χ1v) is 8.50. The Labute approximate surface area is 159 Å². The maximum atomic E-state index is 12.8. The van der Waals surface area contributed by atoms with Crippen molar-refractivity contribution >= 4 is 34.6 Å². The van der Waals surface area contributed by atoms with Gasteiger partial charge in [0, 0.05) is 18.8 Å². The lowest BCUT2D eigenvalue weighted by Gasteiger charge is -2.11. The molecule has 5 nitrogen and oxygen atoms in total. The van der Waals surface area contributed by atoms with E-state index in [2.05, 4.69) is 15.7 Å². The Morgan fingerprint density at radius 3 is 2.50 bits per heavy atom. The molecule has 1 heterocycles. The normalized spacial score (nSPS) is 11.3. The molecule has 0 bridgehead atoms. The number of methoxy groups -OCH3 is 1. The first-order valence-electron chi connectivity index (χ1n) is 7.71. The van der Waals surface area contributed by atoms with Crippen molar-refractivity contribution in [1.29, 1.82) is 0 Å². The van der Waals surface area contributed by atoms with Gasteiger partial charge in [0.2, 0.25) is 0 Å². The van der Waals surface area contributed by atoms with Gasteiger partial charge in [0.1, 0.15) is 5.75 Å². The van der Waals surface area contributed by atoms with Gasteiger partial charge in [-0.3, -0.25) is 4.68 Å². The minimum Gasteiger partial charge on any atom is -0.497 e. The van der Waals surface area contributed by atoms with Gasteiger partial charge < -0.3 is 15.4 Å². The van der Waals surface area contributed by atoms with Crippen LogP contribution < -0.4 is 15.4 Å². The van der Waals surface area contributed by atoms with Crippen molar-refractivity contribution in [2.45, 2.75) is 26.1 Å². The van der Waals surface area contributed by atoms with Gasteiger partial charge >= 0.3 is 6.18 Å². The molecule has 142 valence electrons. The molecule has 2 N–H and O–H groups in total. The van der Waals surface area contributed by atoms with Crippen LogP contribution in [0.5, 0.6) is 5.75 Å². The smallest absolute Gasteiger partial charge is 0.436 e. The van der Waals surface area contributed by atoms with Crippen molar-refractivity contribution in [1.82, 2.24) is 15.1 Å². The number of hydrogen-bond acceptors (Lipinski definition) is 3. The van der Waals surface area contributed by atoms with Crippen molar-refractivity contribution in [2.75, 3.05) is 19.0 Å². The molecular formula is C16H18ClF3N4OS. The summed E-state index contributed by atoms with van der Waals surface area (Å²) in [7, 11) is 1.58. The lowest BCUT2D eigenvalue weighted by Crippen LogP contribution is -2.29. The molecule has 0 spiro atoms. The maximum Gasteiger partial charge on any atom is 0.436 e. The van der Waals surface area contributed by atoms with Crippen LogP contribution in [0, 0.1) is 6.92 Å². The summed E-state index contributed by atoms with van der Waals surface area (Å²) in [6, 6.07) is 7.24. The summed E-state index contributed by atoms with van der Waals surface area (Å²) >= 11 is 10.9. The molecule has 0 saturated carbocycles. The van der Waals surface area contributed by atoms with E-state index >= 15 is 0 Å². The number of aromatic nitrogens is 2. The number of alkyl halides is 3. The minimum absolute atomic E-state index is 0.290. The number of thiocarbonyl (C=S) groups is 1. The first-order chi connectivity index (χ1) is 12.2. The number of benzene rings is 1. The molecule has 0 aliphatic heterocycles. The van der Waals surface area contributed by atoms with Crippen LogP contribution in [0.15, 0.2) is 24.3 Å². The predicted octanol–water partition coefficient (Wildman–Crippen LogP) is 4.25. The second kappa shape index (κ2) is 8.59. The fraction of sp³-hybridized carbons (Fsp3) is 0.375. The molecule has 26 heavy (non-hydrogen) atoms. The summed E-state index contributed by atoms with van der Waals surface area (Å²) in [6.45, 7) is 2.27.